The molecule has 2 fully saturated rings. The fourth-order valence-electron chi connectivity index (χ4n) is 5.64. The molecule has 1 aromatic carbocycles. The fourth-order valence-corrected chi connectivity index (χ4v) is 6.80. The minimum absolute atomic E-state index is 0.728. The molecular weight excluding hydrogens is 498 g/mol. The number of piperidine rings is 1. The SMILES string of the molecule is COCCN(C)CC1CCN(Cc2cc3nc(-c4cccc5[nH]ncc45)nc(N4CCOCC4)c3s2)CC1. The maximum Gasteiger partial charge on any atom is 0.162 e. The van der Waals surface area contributed by atoms with Crippen LogP contribution in [0.1, 0.15) is 17.7 Å². The van der Waals surface area contributed by atoms with Crippen LogP contribution in [-0.4, -0.2) is 103 Å². The number of rotatable bonds is 9. The third kappa shape index (κ3) is 5.55. The quantitative estimate of drug-likeness (QED) is 0.346. The molecule has 202 valence electrons. The van der Waals surface area contributed by atoms with E-state index in [1.54, 1.807) is 7.11 Å². The van der Waals surface area contributed by atoms with Gasteiger partial charge in [0.1, 0.15) is 0 Å². The molecule has 9 nitrogen and oxygen atoms in total. The van der Waals surface area contributed by atoms with E-state index in [1.807, 2.05) is 29.7 Å². The standard InChI is InChI=1S/C28H37N7O2S/c1-33(10-13-36-2)18-20-6-8-34(9-7-20)19-21-16-25-26(38-21)28(35-11-14-37-15-12-35)31-27(30-25)22-4-3-5-24-23(22)17-29-32-24/h3-5,16-17,20H,6-15,18-19H2,1-2H3,(H,29,32). The summed E-state index contributed by atoms with van der Waals surface area (Å²) < 4.78 is 12.1. The van der Waals surface area contributed by atoms with Gasteiger partial charge in [0.15, 0.2) is 11.6 Å². The van der Waals surface area contributed by atoms with Gasteiger partial charge in [-0.3, -0.25) is 10.00 Å². The summed E-state index contributed by atoms with van der Waals surface area (Å²) in [5.41, 5.74) is 3.04. The summed E-state index contributed by atoms with van der Waals surface area (Å²) in [6, 6.07) is 8.45. The molecule has 2 aliphatic heterocycles. The van der Waals surface area contributed by atoms with Crippen molar-refractivity contribution in [3.8, 4) is 11.4 Å². The van der Waals surface area contributed by atoms with Crippen molar-refractivity contribution in [3.05, 3.63) is 35.3 Å². The van der Waals surface area contributed by atoms with Gasteiger partial charge in [0, 0.05) is 55.7 Å². The molecule has 0 aliphatic carbocycles. The Balaban J connectivity index is 1.23. The maximum atomic E-state index is 5.64. The lowest BCUT2D eigenvalue weighted by molar-refractivity contribution is 0.122. The number of likely N-dealkylation sites (tertiary alicyclic amines) is 1. The number of likely N-dealkylation sites (N-methyl/N-ethyl adjacent to an activating group) is 1. The van der Waals surface area contributed by atoms with Crippen molar-refractivity contribution < 1.29 is 9.47 Å². The number of ether oxygens (including phenoxy) is 2. The molecule has 6 rings (SSSR count). The van der Waals surface area contributed by atoms with Gasteiger partial charge in [-0.1, -0.05) is 12.1 Å². The summed E-state index contributed by atoms with van der Waals surface area (Å²) in [5, 5.41) is 8.37. The van der Waals surface area contributed by atoms with E-state index in [-0.39, 0.29) is 0 Å². The van der Waals surface area contributed by atoms with Crippen molar-refractivity contribution >= 4 is 38.3 Å². The number of aromatic nitrogens is 4. The Morgan fingerprint density at radius 2 is 2.00 bits per heavy atom. The van der Waals surface area contributed by atoms with E-state index in [0.717, 1.165) is 105 Å². The van der Waals surface area contributed by atoms with Gasteiger partial charge in [-0.2, -0.15) is 5.10 Å². The van der Waals surface area contributed by atoms with E-state index in [9.17, 15) is 0 Å². The van der Waals surface area contributed by atoms with Crippen LogP contribution in [0.4, 0.5) is 5.82 Å². The van der Waals surface area contributed by atoms with Crippen LogP contribution in [0.5, 0.6) is 0 Å². The summed E-state index contributed by atoms with van der Waals surface area (Å²) >= 11 is 1.85. The van der Waals surface area contributed by atoms with E-state index in [0.29, 0.717) is 0 Å². The van der Waals surface area contributed by atoms with Gasteiger partial charge < -0.3 is 19.3 Å². The first-order valence-corrected chi connectivity index (χ1v) is 14.4. The lowest BCUT2D eigenvalue weighted by Crippen LogP contribution is -2.38. The number of fused-ring (bicyclic) bond motifs is 2. The Morgan fingerprint density at radius 1 is 1.16 bits per heavy atom. The molecule has 3 aromatic heterocycles. The predicted octanol–water partition coefficient (Wildman–Crippen LogP) is 3.86. The smallest absolute Gasteiger partial charge is 0.162 e. The molecule has 0 saturated carbocycles. The van der Waals surface area contributed by atoms with Crippen molar-refractivity contribution in [1.82, 2.24) is 30.0 Å². The summed E-state index contributed by atoms with van der Waals surface area (Å²) in [6.45, 7) is 9.38. The summed E-state index contributed by atoms with van der Waals surface area (Å²) in [4.78, 5) is 19.0. The second-order valence-corrected chi connectivity index (χ2v) is 11.6. The largest absolute Gasteiger partial charge is 0.383 e. The lowest BCUT2D eigenvalue weighted by Gasteiger charge is -2.33. The zero-order chi connectivity index (χ0) is 25.9. The number of morpholine rings is 1. The van der Waals surface area contributed by atoms with Crippen LogP contribution in [0.25, 0.3) is 32.5 Å². The molecule has 4 aromatic rings. The van der Waals surface area contributed by atoms with Gasteiger partial charge in [-0.15, -0.1) is 11.3 Å². The van der Waals surface area contributed by atoms with Gasteiger partial charge in [0.2, 0.25) is 0 Å². The van der Waals surface area contributed by atoms with Crippen molar-refractivity contribution in [3.63, 3.8) is 0 Å². The molecule has 0 atom stereocenters. The first kappa shape index (κ1) is 25.6. The van der Waals surface area contributed by atoms with Crippen LogP contribution >= 0.6 is 11.3 Å². The highest BCUT2D eigenvalue weighted by molar-refractivity contribution is 7.19. The van der Waals surface area contributed by atoms with E-state index >= 15 is 0 Å². The van der Waals surface area contributed by atoms with Gasteiger partial charge >= 0.3 is 0 Å². The van der Waals surface area contributed by atoms with Crippen molar-refractivity contribution in [1.29, 1.82) is 0 Å². The van der Waals surface area contributed by atoms with Gasteiger partial charge in [-0.05, 0) is 51.0 Å². The molecule has 38 heavy (non-hydrogen) atoms. The van der Waals surface area contributed by atoms with Crippen LogP contribution in [0.3, 0.4) is 0 Å². The topological polar surface area (TPSA) is 82.6 Å². The number of aromatic amines is 1. The van der Waals surface area contributed by atoms with Crippen molar-refractivity contribution in [2.45, 2.75) is 19.4 Å². The Bertz CT molecular complexity index is 1360. The summed E-state index contributed by atoms with van der Waals surface area (Å²) in [5.74, 6) is 2.55. The van der Waals surface area contributed by atoms with E-state index < -0.39 is 0 Å². The van der Waals surface area contributed by atoms with E-state index in [1.165, 1.54) is 22.4 Å². The molecule has 2 saturated heterocycles. The maximum absolute atomic E-state index is 5.64. The van der Waals surface area contributed by atoms with Crippen molar-refractivity contribution in [2.75, 3.05) is 78.1 Å². The number of benzene rings is 1. The Kier molecular flexibility index (Phi) is 7.85. The number of methoxy groups -OCH3 is 1. The number of H-pyrrole nitrogens is 1. The molecule has 2 aliphatic rings. The number of hydrogen-bond acceptors (Lipinski definition) is 9. The van der Waals surface area contributed by atoms with Crippen LogP contribution in [0.2, 0.25) is 0 Å². The van der Waals surface area contributed by atoms with Crippen LogP contribution < -0.4 is 4.90 Å². The highest BCUT2D eigenvalue weighted by Crippen LogP contribution is 2.36. The molecule has 0 amide bonds. The van der Waals surface area contributed by atoms with Crippen LogP contribution in [0.15, 0.2) is 30.5 Å². The first-order valence-electron chi connectivity index (χ1n) is 13.6. The second kappa shape index (κ2) is 11.6. The van der Waals surface area contributed by atoms with Crippen LogP contribution in [0, 0.1) is 5.92 Å². The van der Waals surface area contributed by atoms with Crippen molar-refractivity contribution in [2.24, 2.45) is 5.92 Å². The third-order valence-corrected chi connectivity index (χ3v) is 8.88. The Morgan fingerprint density at radius 3 is 2.82 bits per heavy atom. The molecule has 10 heteroatoms. The summed E-state index contributed by atoms with van der Waals surface area (Å²) in [6.07, 6.45) is 4.37. The first-order chi connectivity index (χ1) is 18.7. The highest BCUT2D eigenvalue weighted by Gasteiger charge is 2.24. The van der Waals surface area contributed by atoms with Gasteiger partial charge in [0.25, 0.3) is 0 Å². The predicted molar refractivity (Wildman–Crippen MR) is 153 cm³/mol. The number of anilines is 1. The highest BCUT2D eigenvalue weighted by atomic mass is 32.1. The zero-order valence-electron chi connectivity index (χ0n) is 22.4. The second-order valence-electron chi connectivity index (χ2n) is 10.5. The average Bonchev–Trinajstić information content (AvgIpc) is 3.59. The number of nitrogens with one attached hydrogen (secondary N) is 1. The molecule has 1 N–H and O–H groups in total. The normalized spacial score (nSPS) is 17.8. The Labute approximate surface area is 227 Å². The monoisotopic (exact) mass is 535 g/mol. The Hall–Kier alpha value is -2.63. The number of nitrogens with zero attached hydrogens (tertiary/aromatic N) is 6. The van der Waals surface area contributed by atoms with Gasteiger partial charge in [-0.25, -0.2) is 9.97 Å². The minimum atomic E-state index is 0.728. The van der Waals surface area contributed by atoms with E-state index in [4.69, 9.17) is 19.4 Å². The minimum Gasteiger partial charge on any atom is -0.383 e. The molecule has 0 spiro atoms. The molecule has 0 bridgehead atoms. The molecule has 0 radical (unpaired) electrons. The third-order valence-electron chi connectivity index (χ3n) is 7.77. The van der Waals surface area contributed by atoms with Crippen LogP contribution in [-0.2, 0) is 16.0 Å². The zero-order valence-corrected chi connectivity index (χ0v) is 23.2. The lowest BCUT2D eigenvalue weighted by atomic mass is 9.96. The number of hydrogen-bond donors (Lipinski definition) is 1. The molecule has 5 heterocycles. The van der Waals surface area contributed by atoms with Gasteiger partial charge in [0.05, 0.1) is 41.8 Å². The summed E-state index contributed by atoms with van der Waals surface area (Å²) in [7, 11) is 3.98. The van der Waals surface area contributed by atoms with E-state index in [2.05, 4.69) is 44.1 Å². The fraction of sp³-hybridized carbons (Fsp3) is 0.536. The molecule has 0 unspecified atom stereocenters. The number of thiophene rings is 1. The average molecular weight is 536 g/mol. The molecular formula is C28H37N7O2S.